The first-order chi connectivity index (χ1) is 7.27. The van der Waals surface area contributed by atoms with Crippen molar-refractivity contribution in [2.24, 2.45) is 0 Å². The van der Waals surface area contributed by atoms with Crippen LogP contribution in [-0.4, -0.2) is 19.1 Å². The van der Waals surface area contributed by atoms with E-state index in [-0.39, 0.29) is 10.6 Å². The summed E-state index contributed by atoms with van der Waals surface area (Å²) in [6, 6.07) is 5.62. The third-order valence-electron chi connectivity index (χ3n) is 2.42. The molecule has 16 heavy (non-hydrogen) atoms. The number of nitrogens with one attached hydrogen (secondary N) is 1. The van der Waals surface area contributed by atoms with Crippen LogP contribution in [0.4, 0.5) is 0 Å². The van der Waals surface area contributed by atoms with Crippen LogP contribution in [-0.2, 0) is 10.0 Å². The molecule has 4 nitrogen and oxygen atoms in total. The topological polar surface area (TPSA) is 66.4 Å². The first-order valence-electron chi connectivity index (χ1n) is 5.10. The van der Waals surface area contributed by atoms with Gasteiger partial charge in [0.1, 0.15) is 5.75 Å². The lowest BCUT2D eigenvalue weighted by Crippen LogP contribution is -2.42. The molecule has 0 saturated carbocycles. The van der Waals surface area contributed by atoms with Crippen molar-refractivity contribution in [3.8, 4) is 5.75 Å². The van der Waals surface area contributed by atoms with Gasteiger partial charge in [-0.05, 0) is 38.5 Å². The van der Waals surface area contributed by atoms with Crippen molar-refractivity contribution < 1.29 is 13.5 Å². The highest BCUT2D eigenvalue weighted by atomic mass is 32.2. The highest BCUT2D eigenvalue weighted by Crippen LogP contribution is 2.18. The summed E-state index contributed by atoms with van der Waals surface area (Å²) in [5, 5.41) is 9.24. The van der Waals surface area contributed by atoms with Crippen molar-refractivity contribution in [1.29, 1.82) is 0 Å². The Morgan fingerprint density at radius 1 is 1.38 bits per heavy atom. The fraction of sp³-hybridized carbons (Fsp3) is 0.455. The van der Waals surface area contributed by atoms with Crippen LogP contribution in [0.15, 0.2) is 29.2 Å². The number of hydrogen-bond donors (Lipinski definition) is 2. The van der Waals surface area contributed by atoms with E-state index in [2.05, 4.69) is 4.72 Å². The maximum absolute atomic E-state index is 11.9. The van der Waals surface area contributed by atoms with E-state index < -0.39 is 15.6 Å². The highest BCUT2D eigenvalue weighted by Gasteiger charge is 2.24. The van der Waals surface area contributed by atoms with Gasteiger partial charge in [-0.3, -0.25) is 0 Å². The minimum Gasteiger partial charge on any atom is -0.508 e. The number of hydrogen-bond acceptors (Lipinski definition) is 3. The molecule has 0 fully saturated rings. The van der Waals surface area contributed by atoms with Gasteiger partial charge >= 0.3 is 0 Å². The summed E-state index contributed by atoms with van der Waals surface area (Å²) in [6.45, 7) is 5.53. The molecule has 5 heteroatoms. The summed E-state index contributed by atoms with van der Waals surface area (Å²) in [6.07, 6.45) is 0.686. The van der Waals surface area contributed by atoms with Crippen LogP contribution in [0.25, 0.3) is 0 Å². The molecule has 0 amide bonds. The molecule has 0 bridgehead atoms. The van der Waals surface area contributed by atoms with Gasteiger partial charge in [0, 0.05) is 5.54 Å². The van der Waals surface area contributed by atoms with Crippen molar-refractivity contribution in [3.63, 3.8) is 0 Å². The van der Waals surface area contributed by atoms with Gasteiger partial charge in [-0.15, -0.1) is 0 Å². The summed E-state index contributed by atoms with van der Waals surface area (Å²) >= 11 is 0. The molecule has 0 spiro atoms. The maximum atomic E-state index is 11.9. The monoisotopic (exact) mass is 243 g/mol. The van der Waals surface area contributed by atoms with E-state index in [4.69, 9.17) is 0 Å². The Kier molecular flexibility index (Phi) is 3.60. The van der Waals surface area contributed by atoms with E-state index in [1.807, 2.05) is 20.8 Å². The predicted molar refractivity (Wildman–Crippen MR) is 62.8 cm³/mol. The van der Waals surface area contributed by atoms with Gasteiger partial charge in [-0.25, -0.2) is 13.1 Å². The molecule has 0 aliphatic rings. The van der Waals surface area contributed by atoms with E-state index in [0.29, 0.717) is 6.42 Å². The molecule has 1 aromatic carbocycles. The maximum Gasteiger partial charge on any atom is 0.241 e. The Balaban J connectivity index is 3.04. The first-order valence-corrected chi connectivity index (χ1v) is 6.58. The van der Waals surface area contributed by atoms with Crippen LogP contribution in [0.1, 0.15) is 27.2 Å². The molecule has 2 N–H and O–H groups in total. The molecule has 1 aromatic rings. The van der Waals surface area contributed by atoms with Gasteiger partial charge < -0.3 is 5.11 Å². The average Bonchev–Trinajstić information content (AvgIpc) is 2.16. The lowest BCUT2D eigenvalue weighted by atomic mass is 10.0. The molecule has 1 rings (SSSR count). The Labute approximate surface area is 96.4 Å². The van der Waals surface area contributed by atoms with E-state index in [1.54, 1.807) is 0 Å². The minimum atomic E-state index is -3.56. The predicted octanol–water partition coefficient (Wildman–Crippen LogP) is 1.86. The van der Waals surface area contributed by atoms with Crippen LogP contribution in [0, 0.1) is 0 Å². The summed E-state index contributed by atoms with van der Waals surface area (Å²) in [7, 11) is -3.56. The Bertz CT molecular complexity index is 466. The third kappa shape index (κ3) is 3.21. The molecule has 0 heterocycles. The van der Waals surface area contributed by atoms with Crippen molar-refractivity contribution in [3.05, 3.63) is 24.3 Å². The van der Waals surface area contributed by atoms with Crippen LogP contribution >= 0.6 is 0 Å². The van der Waals surface area contributed by atoms with Crippen LogP contribution in [0.2, 0.25) is 0 Å². The van der Waals surface area contributed by atoms with Crippen LogP contribution in [0.5, 0.6) is 5.75 Å². The van der Waals surface area contributed by atoms with Crippen molar-refractivity contribution >= 4 is 10.0 Å². The van der Waals surface area contributed by atoms with Crippen LogP contribution < -0.4 is 4.72 Å². The van der Waals surface area contributed by atoms with E-state index in [0.717, 1.165) is 0 Å². The second kappa shape index (κ2) is 4.43. The quantitative estimate of drug-likeness (QED) is 0.848. The highest BCUT2D eigenvalue weighted by molar-refractivity contribution is 7.89. The summed E-state index contributed by atoms with van der Waals surface area (Å²) in [5.41, 5.74) is -0.496. The van der Waals surface area contributed by atoms with Gasteiger partial charge in [-0.2, -0.15) is 0 Å². The van der Waals surface area contributed by atoms with Gasteiger partial charge in [0.25, 0.3) is 0 Å². The summed E-state index contributed by atoms with van der Waals surface area (Å²) in [5.74, 6) is -0.0582. The lowest BCUT2D eigenvalue weighted by molar-refractivity contribution is 0.438. The summed E-state index contributed by atoms with van der Waals surface area (Å²) in [4.78, 5) is 0.0778. The minimum absolute atomic E-state index is 0.0582. The third-order valence-corrected chi connectivity index (χ3v) is 4.12. The molecule has 0 unspecified atom stereocenters. The van der Waals surface area contributed by atoms with Crippen LogP contribution in [0.3, 0.4) is 0 Å². The molecular formula is C11H17NO3S. The molecule has 0 aliphatic heterocycles. The van der Waals surface area contributed by atoms with Gasteiger partial charge in [0.05, 0.1) is 4.90 Å². The Morgan fingerprint density at radius 2 is 2.00 bits per heavy atom. The lowest BCUT2D eigenvalue weighted by Gasteiger charge is -2.24. The molecular weight excluding hydrogens is 226 g/mol. The average molecular weight is 243 g/mol. The zero-order valence-corrected chi connectivity index (χ0v) is 10.5. The van der Waals surface area contributed by atoms with Crippen molar-refractivity contribution in [2.75, 3.05) is 0 Å². The fourth-order valence-corrected chi connectivity index (χ4v) is 2.67. The smallest absolute Gasteiger partial charge is 0.241 e. The molecule has 0 saturated heterocycles. The van der Waals surface area contributed by atoms with E-state index in [1.165, 1.54) is 24.3 Å². The number of sulfonamides is 1. The normalized spacial score (nSPS) is 12.7. The molecule has 0 aliphatic carbocycles. The van der Waals surface area contributed by atoms with Crippen molar-refractivity contribution in [2.45, 2.75) is 37.6 Å². The number of phenols is 1. The second-order valence-electron chi connectivity index (χ2n) is 4.34. The van der Waals surface area contributed by atoms with Crippen molar-refractivity contribution in [1.82, 2.24) is 4.72 Å². The first kappa shape index (κ1) is 13.0. The summed E-state index contributed by atoms with van der Waals surface area (Å²) < 4.78 is 26.5. The van der Waals surface area contributed by atoms with Gasteiger partial charge in [0.15, 0.2) is 0 Å². The van der Waals surface area contributed by atoms with Gasteiger partial charge in [0.2, 0.25) is 10.0 Å². The van der Waals surface area contributed by atoms with E-state index >= 15 is 0 Å². The zero-order valence-electron chi connectivity index (χ0n) is 9.69. The fourth-order valence-electron chi connectivity index (χ4n) is 1.15. The molecule has 0 aromatic heterocycles. The molecule has 0 atom stereocenters. The number of benzene rings is 1. The Hall–Kier alpha value is -1.07. The largest absolute Gasteiger partial charge is 0.508 e. The molecule has 90 valence electrons. The Morgan fingerprint density at radius 3 is 2.50 bits per heavy atom. The van der Waals surface area contributed by atoms with Gasteiger partial charge in [-0.1, -0.05) is 13.0 Å². The SMILES string of the molecule is CCC(C)(C)NS(=O)(=O)c1cccc(O)c1. The molecule has 0 radical (unpaired) electrons. The number of rotatable bonds is 4. The number of aromatic hydroxyl groups is 1. The zero-order chi connectivity index (χ0) is 12.4. The standard InChI is InChI=1S/C11H17NO3S/c1-4-11(2,3)12-16(14,15)10-7-5-6-9(13)8-10/h5-8,12-13H,4H2,1-3H3. The second-order valence-corrected chi connectivity index (χ2v) is 6.02. The number of phenolic OH excluding ortho intramolecular Hbond substituents is 1. The van der Waals surface area contributed by atoms with E-state index in [9.17, 15) is 13.5 Å².